The number of hydrogen-bond donors (Lipinski definition) is 2. The highest BCUT2D eigenvalue weighted by atomic mass is 35.5. The predicted octanol–water partition coefficient (Wildman–Crippen LogP) is 3.58. The molecule has 0 saturated heterocycles. The van der Waals surface area contributed by atoms with Crippen LogP contribution in [0.15, 0.2) is 42.5 Å². The minimum absolute atomic E-state index is 0.129. The smallest absolute Gasteiger partial charge is 0.222 e. The van der Waals surface area contributed by atoms with Gasteiger partial charge in [0.15, 0.2) is 0 Å². The van der Waals surface area contributed by atoms with Crippen LogP contribution in [0, 0.1) is 6.92 Å². The summed E-state index contributed by atoms with van der Waals surface area (Å²) >= 11 is 5.91. The number of carbonyl (C=O) groups excluding carboxylic acids is 2. The van der Waals surface area contributed by atoms with Gasteiger partial charge < -0.3 is 15.4 Å². The van der Waals surface area contributed by atoms with E-state index < -0.39 is 6.04 Å². The Morgan fingerprint density at radius 1 is 1.15 bits per heavy atom. The molecule has 144 valence electrons. The minimum Gasteiger partial charge on any atom is -0.496 e. The maximum Gasteiger partial charge on any atom is 0.222 e. The van der Waals surface area contributed by atoms with Gasteiger partial charge in [0.25, 0.3) is 0 Å². The zero-order valence-corrected chi connectivity index (χ0v) is 16.6. The monoisotopic (exact) mass is 388 g/mol. The lowest BCUT2D eigenvalue weighted by Gasteiger charge is -2.18. The van der Waals surface area contributed by atoms with Crippen LogP contribution in [0.3, 0.4) is 0 Å². The Balaban J connectivity index is 1.94. The molecule has 1 atom stereocenters. The zero-order valence-electron chi connectivity index (χ0n) is 15.8. The van der Waals surface area contributed by atoms with Crippen LogP contribution in [-0.2, 0) is 16.0 Å². The molecular weight excluding hydrogens is 364 g/mol. The predicted molar refractivity (Wildman–Crippen MR) is 107 cm³/mol. The average molecular weight is 389 g/mol. The standard InChI is InChI=1S/C21H25ClN2O3/c1-14-4-9-20(27-3)17(12-14)10-11-23-21(26)13-19(24-15(2)25)16-5-7-18(22)8-6-16/h4-9,12,19H,10-11,13H2,1-3H3,(H,23,26)(H,24,25). The molecule has 0 aromatic heterocycles. The van der Waals surface area contributed by atoms with Gasteiger partial charge in [-0.25, -0.2) is 0 Å². The lowest BCUT2D eigenvalue weighted by Crippen LogP contribution is -2.33. The number of halogens is 1. The zero-order chi connectivity index (χ0) is 19.8. The molecule has 0 fully saturated rings. The highest BCUT2D eigenvalue weighted by molar-refractivity contribution is 6.30. The maximum atomic E-state index is 12.4. The number of amides is 2. The molecule has 2 aromatic carbocycles. The van der Waals surface area contributed by atoms with E-state index in [9.17, 15) is 9.59 Å². The Hall–Kier alpha value is -2.53. The summed E-state index contributed by atoms with van der Waals surface area (Å²) in [6.45, 7) is 3.95. The molecule has 0 aliphatic heterocycles. The third-order valence-electron chi connectivity index (χ3n) is 4.19. The van der Waals surface area contributed by atoms with Gasteiger partial charge >= 0.3 is 0 Å². The Morgan fingerprint density at radius 2 is 1.85 bits per heavy atom. The quantitative estimate of drug-likeness (QED) is 0.726. The highest BCUT2D eigenvalue weighted by Crippen LogP contribution is 2.21. The average Bonchev–Trinajstić information content (AvgIpc) is 2.61. The Morgan fingerprint density at radius 3 is 2.48 bits per heavy atom. The summed E-state index contributed by atoms with van der Waals surface area (Å²) < 4.78 is 5.36. The van der Waals surface area contributed by atoms with E-state index in [4.69, 9.17) is 16.3 Å². The third kappa shape index (κ3) is 6.61. The van der Waals surface area contributed by atoms with Crippen molar-refractivity contribution in [3.63, 3.8) is 0 Å². The van der Waals surface area contributed by atoms with Crippen molar-refractivity contribution in [3.8, 4) is 5.75 Å². The first-order valence-electron chi connectivity index (χ1n) is 8.82. The third-order valence-corrected chi connectivity index (χ3v) is 4.44. The number of rotatable bonds is 8. The molecule has 2 aromatic rings. The minimum atomic E-state index is -0.395. The van der Waals surface area contributed by atoms with E-state index in [1.54, 1.807) is 19.2 Å². The van der Waals surface area contributed by atoms with Crippen molar-refractivity contribution in [2.45, 2.75) is 32.7 Å². The van der Waals surface area contributed by atoms with E-state index in [0.29, 0.717) is 18.0 Å². The molecular formula is C21H25ClN2O3. The maximum absolute atomic E-state index is 12.4. The van der Waals surface area contributed by atoms with E-state index in [1.807, 2.05) is 31.2 Å². The highest BCUT2D eigenvalue weighted by Gasteiger charge is 2.17. The Labute approximate surface area is 165 Å². The number of hydrogen-bond acceptors (Lipinski definition) is 3. The van der Waals surface area contributed by atoms with Gasteiger partial charge in [-0.1, -0.05) is 41.4 Å². The molecule has 2 rings (SSSR count). The van der Waals surface area contributed by atoms with Crippen LogP contribution in [0.5, 0.6) is 5.75 Å². The van der Waals surface area contributed by atoms with Crippen LogP contribution in [0.4, 0.5) is 0 Å². The second-order valence-electron chi connectivity index (χ2n) is 6.42. The fourth-order valence-corrected chi connectivity index (χ4v) is 3.02. The molecule has 2 amide bonds. The molecule has 0 heterocycles. The van der Waals surface area contributed by atoms with Crippen molar-refractivity contribution < 1.29 is 14.3 Å². The van der Waals surface area contributed by atoms with Crippen molar-refractivity contribution in [1.82, 2.24) is 10.6 Å². The Kier molecular flexibility index (Phi) is 7.67. The molecule has 1 unspecified atom stereocenters. The molecule has 0 bridgehead atoms. The van der Waals surface area contributed by atoms with Gasteiger partial charge in [-0.05, 0) is 42.7 Å². The fourth-order valence-electron chi connectivity index (χ4n) is 2.89. The summed E-state index contributed by atoms with van der Waals surface area (Å²) in [5.41, 5.74) is 3.03. The second-order valence-corrected chi connectivity index (χ2v) is 6.86. The van der Waals surface area contributed by atoms with Gasteiger partial charge in [-0.15, -0.1) is 0 Å². The first-order valence-corrected chi connectivity index (χ1v) is 9.19. The van der Waals surface area contributed by atoms with Crippen LogP contribution in [0.25, 0.3) is 0 Å². The molecule has 5 nitrogen and oxygen atoms in total. The second kappa shape index (κ2) is 9.97. The van der Waals surface area contributed by atoms with E-state index in [1.165, 1.54) is 6.92 Å². The number of methoxy groups -OCH3 is 1. The summed E-state index contributed by atoms with van der Waals surface area (Å²) in [4.78, 5) is 23.9. The van der Waals surface area contributed by atoms with Crippen LogP contribution < -0.4 is 15.4 Å². The number of ether oxygens (including phenoxy) is 1. The summed E-state index contributed by atoms with van der Waals surface area (Å²) in [5.74, 6) is 0.495. The van der Waals surface area contributed by atoms with Crippen molar-refractivity contribution in [2.75, 3.05) is 13.7 Å². The van der Waals surface area contributed by atoms with Gasteiger partial charge in [0.05, 0.1) is 19.6 Å². The molecule has 2 N–H and O–H groups in total. The number of carbonyl (C=O) groups is 2. The van der Waals surface area contributed by atoms with E-state index in [0.717, 1.165) is 22.4 Å². The van der Waals surface area contributed by atoms with Crippen molar-refractivity contribution in [2.24, 2.45) is 0 Å². The molecule has 0 aliphatic rings. The summed E-state index contributed by atoms with van der Waals surface area (Å²) in [6, 6.07) is 12.7. The van der Waals surface area contributed by atoms with Crippen molar-refractivity contribution in [3.05, 3.63) is 64.2 Å². The van der Waals surface area contributed by atoms with Gasteiger partial charge in [0, 0.05) is 18.5 Å². The van der Waals surface area contributed by atoms with Crippen LogP contribution in [-0.4, -0.2) is 25.5 Å². The molecule has 27 heavy (non-hydrogen) atoms. The van der Waals surface area contributed by atoms with Gasteiger partial charge in [-0.3, -0.25) is 9.59 Å². The lowest BCUT2D eigenvalue weighted by atomic mass is 10.0. The van der Waals surface area contributed by atoms with Crippen molar-refractivity contribution in [1.29, 1.82) is 0 Å². The van der Waals surface area contributed by atoms with Gasteiger partial charge in [0.1, 0.15) is 5.75 Å². The van der Waals surface area contributed by atoms with Crippen LogP contribution in [0.2, 0.25) is 5.02 Å². The van der Waals surface area contributed by atoms with Crippen molar-refractivity contribution >= 4 is 23.4 Å². The topological polar surface area (TPSA) is 67.4 Å². The number of nitrogens with one attached hydrogen (secondary N) is 2. The van der Waals surface area contributed by atoms with E-state index in [-0.39, 0.29) is 18.2 Å². The number of benzene rings is 2. The summed E-state index contributed by atoms with van der Waals surface area (Å²) in [6.07, 6.45) is 0.828. The Bertz CT molecular complexity index is 791. The fraction of sp³-hybridized carbons (Fsp3) is 0.333. The molecule has 0 radical (unpaired) electrons. The van der Waals surface area contributed by atoms with Crippen LogP contribution >= 0.6 is 11.6 Å². The molecule has 6 heteroatoms. The lowest BCUT2D eigenvalue weighted by molar-refractivity contribution is -0.122. The molecule has 0 spiro atoms. The van der Waals surface area contributed by atoms with Gasteiger partial charge in [0.2, 0.25) is 11.8 Å². The van der Waals surface area contributed by atoms with Crippen LogP contribution in [0.1, 0.15) is 36.1 Å². The normalized spacial score (nSPS) is 11.6. The first-order chi connectivity index (χ1) is 12.9. The molecule has 0 aliphatic carbocycles. The first kappa shape index (κ1) is 20.8. The molecule has 0 saturated carbocycles. The summed E-state index contributed by atoms with van der Waals surface area (Å²) in [7, 11) is 1.64. The van der Waals surface area contributed by atoms with E-state index in [2.05, 4.69) is 16.7 Å². The SMILES string of the molecule is COc1ccc(C)cc1CCNC(=O)CC(NC(C)=O)c1ccc(Cl)cc1. The van der Waals surface area contributed by atoms with E-state index >= 15 is 0 Å². The van der Waals surface area contributed by atoms with Gasteiger partial charge in [-0.2, -0.15) is 0 Å². The summed E-state index contributed by atoms with van der Waals surface area (Å²) in [5, 5.41) is 6.34. The largest absolute Gasteiger partial charge is 0.496 e. The number of aryl methyl sites for hydroxylation is 1.